The van der Waals surface area contributed by atoms with Gasteiger partial charge in [0, 0.05) is 12.5 Å². The molecule has 0 bridgehead atoms. The Morgan fingerprint density at radius 1 is 1.28 bits per heavy atom. The van der Waals surface area contributed by atoms with Gasteiger partial charge in [-0.15, -0.1) is 0 Å². The van der Waals surface area contributed by atoms with Crippen molar-refractivity contribution in [3.05, 3.63) is 0 Å². The van der Waals surface area contributed by atoms with E-state index < -0.39 is 5.97 Å². The van der Waals surface area contributed by atoms with Gasteiger partial charge in [0.05, 0.1) is 12.2 Å². The summed E-state index contributed by atoms with van der Waals surface area (Å²) in [6.45, 7) is 1.88. The SMILES string of the molecule is C[C@H]1CC[C@H](CCC(=O)N(CC(=O)O)C2CC2)O1. The van der Waals surface area contributed by atoms with E-state index in [0.717, 1.165) is 25.7 Å². The summed E-state index contributed by atoms with van der Waals surface area (Å²) < 4.78 is 5.66. The first-order chi connectivity index (χ1) is 8.56. The maximum Gasteiger partial charge on any atom is 0.323 e. The molecule has 2 fully saturated rings. The molecule has 5 heteroatoms. The highest BCUT2D eigenvalue weighted by Crippen LogP contribution is 2.28. The smallest absolute Gasteiger partial charge is 0.323 e. The Labute approximate surface area is 107 Å². The molecule has 0 unspecified atom stereocenters. The van der Waals surface area contributed by atoms with Gasteiger partial charge in [0.1, 0.15) is 6.54 Å². The predicted molar refractivity (Wildman–Crippen MR) is 65.2 cm³/mol. The molecule has 5 nitrogen and oxygen atoms in total. The first-order valence-electron chi connectivity index (χ1n) is 6.73. The minimum absolute atomic E-state index is 0.0388. The number of ether oxygens (including phenoxy) is 1. The summed E-state index contributed by atoms with van der Waals surface area (Å²) in [5.74, 6) is -0.968. The van der Waals surface area contributed by atoms with Crippen molar-refractivity contribution < 1.29 is 19.4 Å². The van der Waals surface area contributed by atoms with E-state index in [9.17, 15) is 9.59 Å². The summed E-state index contributed by atoms with van der Waals surface area (Å²) in [4.78, 5) is 24.3. The van der Waals surface area contributed by atoms with Gasteiger partial charge in [0.25, 0.3) is 0 Å². The van der Waals surface area contributed by atoms with Crippen molar-refractivity contribution in [3.8, 4) is 0 Å². The van der Waals surface area contributed by atoms with Gasteiger partial charge in [-0.25, -0.2) is 0 Å². The van der Waals surface area contributed by atoms with E-state index >= 15 is 0 Å². The quantitative estimate of drug-likeness (QED) is 0.779. The fourth-order valence-electron chi connectivity index (χ4n) is 2.48. The Bertz CT molecular complexity index is 327. The molecule has 1 heterocycles. The number of hydrogen-bond donors (Lipinski definition) is 1. The molecule has 2 atom stereocenters. The Hall–Kier alpha value is -1.10. The van der Waals surface area contributed by atoms with Crippen LogP contribution in [0.1, 0.15) is 45.4 Å². The Morgan fingerprint density at radius 2 is 2.00 bits per heavy atom. The van der Waals surface area contributed by atoms with Crippen LogP contribution in [0.25, 0.3) is 0 Å². The number of carbonyl (C=O) groups is 2. The zero-order chi connectivity index (χ0) is 13.1. The lowest BCUT2D eigenvalue weighted by Gasteiger charge is -2.21. The first-order valence-corrected chi connectivity index (χ1v) is 6.73. The van der Waals surface area contributed by atoms with Crippen LogP contribution < -0.4 is 0 Å². The molecule has 1 aliphatic carbocycles. The second kappa shape index (κ2) is 5.69. The number of rotatable bonds is 6. The molecule has 0 radical (unpaired) electrons. The lowest BCUT2D eigenvalue weighted by atomic mass is 10.1. The van der Waals surface area contributed by atoms with Crippen molar-refractivity contribution in [2.75, 3.05) is 6.54 Å². The van der Waals surface area contributed by atoms with E-state index in [1.165, 1.54) is 4.90 Å². The van der Waals surface area contributed by atoms with Crippen molar-refractivity contribution in [2.24, 2.45) is 0 Å². The first kappa shape index (κ1) is 13.3. The highest BCUT2D eigenvalue weighted by Gasteiger charge is 2.34. The molecule has 0 aromatic heterocycles. The molecule has 18 heavy (non-hydrogen) atoms. The zero-order valence-electron chi connectivity index (χ0n) is 10.8. The van der Waals surface area contributed by atoms with Crippen LogP contribution in [0.2, 0.25) is 0 Å². The number of carbonyl (C=O) groups excluding carboxylic acids is 1. The Morgan fingerprint density at radius 3 is 2.50 bits per heavy atom. The molecular weight excluding hydrogens is 234 g/mol. The number of amides is 1. The van der Waals surface area contributed by atoms with Crippen LogP contribution in [0.15, 0.2) is 0 Å². The number of hydrogen-bond acceptors (Lipinski definition) is 3. The van der Waals surface area contributed by atoms with E-state index in [2.05, 4.69) is 0 Å². The summed E-state index contributed by atoms with van der Waals surface area (Å²) in [5.41, 5.74) is 0. The molecule has 1 saturated heterocycles. The summed E-state index contributed by atoms with van der Waals surface area (Å²) in [7, 11) is 0. The fourth-order valence-corrected chi connectivity index (χ4v) is 2.48. The molecule has 2 aliphatic rings. The van der Waals surface area contributed by atoms with Crippen LogP contribution in [-0.2, 0) is 14.3 Å². The van der Waals surface area contributed by atoms with Crippen molar-refractivity contribution in [3.63, 3.8) is 0 Å². The van der Waals surface area contributed by atoms with Gasteiger partial charge in [-0.05, 0) is 39.0 Å². The van der Waals surface area contributed by atoms with E-state index in [4.69, 9.17) is 9.84 Å². The highest BCUT2D eigenvalue weighted by atomic mass is 16.5. The van der Waals surface area contributed by atoms with Gasteiger partial charge in [-0.1, -0.05) is 0 Å². The van der Waals surface area contributed by atoms with Crippen LogP contribution >= 0.6 is 0 Å². The maximum absolute atomic E-state index is 12.0. The Kier molecular flexibility index (Phi) is 4.22. The monoisotopic (exact) mass is 255 g/mol. The standard InChI is InChI=1S/C13H21NO4/c1-9-2-5-11(18-9)6-7-12(15)14(8-13(16)17)10-3-4-10/h9-11H,2-8H2,1H3,(H,16,17)/t9-,11+/m0/s1. The Balaban J connectivity index is 1.76. The molecule has 1 saturated carbocycles. The number of carboxylic acid groups (broad SMARTS) is 1. The van der Waals surface area contributed by atoms with Crippen LogP contribution in [0, 0.1) is 0 Å². The number of aliphatic carboxylic acids is 1. The molecule has 102 valence electrons. The van der Waals surface area contributed by atoms with Gasteiger partial charge >= 0.3 is 5.97 Å². The molecule has 0 spiro atoms. The van der Waals surface area contributed by atoms with E-state index in [1.807, 2.05) is 6.92 Å². The minimum Gasteiger partial charge on any atom is -0.480 e. The molecule has 1 aliphatic heterocycles. The van der Waals surface area contributed by atoms with Gasteiger partial charge in [0.2, 0.25) is 5.91 Å². The van der Waals surface area contributed by atoms with Crippen molar-refractivity contribution in [1.29, 1.82) is 0 Å². The molecular formula is C13H21NO4. The van der Waals surface area contributed by atoms with E-state index in [0.29, 0.717) is 18.9 Å². The highest BCUT2D eigenvalue weighted by molar-refractivity contribution is 5.81. The second-order valence-electron chi connectivity index (χ2n) is 5.33. The zero-order valence-corrected chi connectivity index (χ0v) is 10.8. The summed E-state index contributed by atoms with van der Waals surface area (Å²) >= 11 is 0. The van der Waals surface area contributed by atoms with E-state index in [-0.39, 0.29) is 24.6 Å². The fraction of sp³-hybridized carbons (Fsp3) is 0.846. The lowest BCUT2D eigenvalue weighted by Crippen LogP contribution is -2.37. The number of carboxylic acids is 1. The summed E-state index contributed by atoms with van der Waals surface area (Å²) in [6.07, 6.45) is 5.54. The summed E-state index contributed by atoms with van der Waals surface area (Å²) in [6, 6.07) is 0.164. The van der Waals surface area contributed by atoms with Crippen LogP contribution in [0.4, 0.5) is 0 Å². The lowest BCUT2D eigenvalue weighted by molar-refractivity contribution is -0.145. The molecule has 0 aromatic carbocycles. The molecule has 1 N–H and O–H groups in total. The number of nitrogens with zero attached hydrogens (tertiary/aromatic N) is 1. The second-order valence-corrected chi connectivity index (χ2v) is 5.33. The molecule has 0 aromatic rings. The topological polar surface area (TPSA) is 66.8 Å². The van der Waals surface area contributed by atoms with Crippen molar-refractivity contribution in [1.82, 2.24) is 4.90 Å². The molecule has 2 rings (SSSR count). The normalized spacial score (nSPS) is 27.2. The van der Waals surface area contributed by atoms with Gasteiger partial charge in [-0.2, -0.15) is 0 Å². The van der Waals surface area contributed by atoms with Gasteiger partial charge in [0.15, 0.2) is 0 Å². The summed E-state index contributed by atoms with van der Waals surface area (Å²) in [5, 5.41) is 8.81. The third-order valence-electron chi connectivity index (χ3n) is 3.61. The molecule has 1 amide bonds. The average Bonchev–Trinajstić information content (AvgIpc) is 3.06. The maximum atomic E-state index is 12.0. The largest absolute Gasteiger partial charge is 0.480 e. The third-order valence-corrected chi connectivity index (χ3v) is 3.61. The van der Waals surface area contributed by atoms with Crippen molar-refractivity contribution >= 4 is 11.9 Å². The van der Waals surface area contributed by atoms with Crippen LogP contribution in [-0.4, -0.2) is 46.7 Å². The average molecular weight is 255 g/mol. The van der Waals surface area contributed by atoms with Crippen LogP contribution in [0.3, 0.4) is 0 Å². The van der Waals surface area contributed by atoms with Crippen LogP contribution in [0.5, 0.6) is 0 Å². The van der Waals surface area contributed by atoms with Gasteiger partial charge in [-0.3, -0.25) is 9.59 Å². The van der Waals surface area contributed by atoms with Crippen molar-refractivity contribution in [2.45, 2.75) is 63.7 Å². The predicted octanol–water partition coefficient (Wildman–Crippen LogP) is 1.41. The third kappa shape index (κ3) is 3.70. The van der Waals surface area contributed by atoms with Gasteiger partial charge < -0.3 is 14.7 Å². The van der Waals surface area contributed by atoms with E-state index in [1.54, 1.807) is 0 Å². The minimum atomic E-state index is -0.930.